The van der Waals surface area contributed by atoms with E-state index in [0.29, 0.717) is 12.2 Å². The van der Waals surface area contributed by atoms with Crippen LogP contribution in [0.15, 0.2) is 18.2 Å². The van der Waals surface area contributed by atoms with Crippen LogP contribution in [0, 0.1) is 0 Å². The van der Waals surface area contributed by atoms with Crippen molar-refractivity contribution in [3.8, 4) is 0 Å². The molecule has 2 rings (SSSR count). The number of esters is 1. The Morgan fingerprint density at radius 1 is 1.17 bits per heavy atom. The zero-order chi connectivity index (χ0) is 16.5. The van der Waals surface area contributed by atoms with E-state index in [1.807, 2.05) is 19.1 Å². The molecule has 0 unspecified atom stereocenters. The van der Waals surface area contributed by atoms with Gasteiger partial charge in [0.1, 0.15) is 0 Å². The fraction of sp³-hybridized carbons (Fsp3) is 0.556. The van der Waals surface area contributed by atoms with Crippen molar-refractivity contribution < 1.29 is 9.53 Å². The predicted octanol–water partition coefficient (Wildman–Crippen LogP) is 5.25. The van der Waals surface area contributed by atoms with Gasteiger partial charge in [-0.25, -0.2) is 9.78 Å². The van der Waals surface area contributed by atoms with Crippen molar-refractivity contribution in [2.75, 3.05) is 18.5 Å². The van der Waals surface area contributed by atoms with Crippen molar-refractivity contribution >= 4 is 32.7 Å². The van der Waals surface area contributed by atoms with Gasteiger partial charge in [-0.3, -0.25) is 0 Å². The van der Waals surface area contributed by atoms with Crippen molar-refractivity contribution in [3.05, 3.63) is 23.8 Å². The molecule has 0 saturated heterocycles. The molecule has 1 aromatic heterocycles. The molecular formula is C18H26N2O2S. The third kappa shape index (κ3) is 5.50. The van der Waals surface area contributed by atoms with Crippen LogP contribution in [0.5, 0.6) is 0 Å². The number of carbonyl (C=O) groups excluding carboxylic acids is 1. The van der Waals surface area contributed by atoms with E-state index in [9.17, 15) is 4.79 Å². The molecule has 0 aliphatic heterocycles. The van der Waals surface area contributed by atoms with Gasteiger partial charge in [-0.2, -0.15) is 0 Å². The smallest absolute Gasteiger partial charge is 0.338 e. The van der Waals surface area contributed by atoms with E-state index in [0.717, 1.165) is 21.9 Å². The highest BCUT2D eigenvalue weighted by molar-refractivity contribution is 7.22. The van der Waals surface area contributed by atoms with E-state index in [4.69, 9.17) is 4.74 Å². The lowest BCUT2D eigenvalue weighted by Crippen LogP contribution is -2.03. The van der Waals surface area contributed by atoms with Gasteiger partial charge in [0, 0.05) is 6.54 Å². The summed E-state index contributed by atoms with van der Waals surface area (Å²) in [7, 11) is 0. The first kappa shape index (κ1) is 17.7. The molecule has 0 aliphatic carbocycles. The molecule has 1 aromatic carbocycles. The molecule has 1 heterocycles. The molecule has 0 amide bonds. The summed E-state index contributed by atoms with van der Waals surface area (Å²) in [4.78, 5) is 16.3. The average molecular weight is 334 g/mol. The molecule has 23 heavy (non-hydrogen) atoms. The first-order valence-corrected chi connectivity index (χ1v) is 9.37. The molecule has 0 atom stereocenters. The average Bonchev–Trinajstić information content (AvgIpc) is 2.96. The zero-order valence-electron chi connectivity index (χ0n) is 14.1. The first-order valence-electron chi connectivity index (χ1n) is 8.56. The molecular weight excluding hydrogens is 308 g/mol. The van der Waals surface area contributed by atoms with Gasteiger partial charge in [0.15, 0.2) is 5.13 Å². The molecule has 4 nitrogen and oxygen atoms in total. The van der Waals surface area contributed by atoms with Gasteiger partial charge in [-0.1, -0.05) is 50.4 Å². The highest BCUT2D eigenvalue weighted by Crippen LogP contribution is 2.27. The number of thiazole rings is 1. The molecule has 0 fully saturated rings. The van der Waals surface area contributed by atoms with Gasteiger partial charge in [0.25, 0.3) is 0 Å². The van der Waals surface area contributed by atoms with Crippen molar-refractivity contribution in [1.29, 1.82) is 0 Å². The van der Waals surface area contributed by atoms with Crippen LogP contribution in [0.4, 0.5) is 5.13 Å². The highest BCUT2D eigenvalue weighted by atomic mass is 32.1. The van der Waals surface area contributed by atoms with E-state index < -0.39 is 0 Å². The predicted molar refractivity (Wildman–Crippen MR) is 97.4 cm³/mol. The highest BCUT2D eigenvalue weighted by Gasteiger charge is 2.10. The Kier molecular flexibility index (Phi) is 7.33. The van der Waals surface area contributed by atoms with Crippen LogP contribution in [0.1, 0.15) is 62.7 Å². The molecule has 0 aliphatic rings. The Morgan fingerprint density at radius 2 is 1.96 bits per heavy atom. The molecule has 0 spiro atoms. The Labute approximate surface area is 142 Å². The zero-order valence-corrected chi connectivity index (χ0v) is 14.9. The Morgan fingerprint density at radius 3 is 2.74 bits per heavy atom. The lowest BCUT2D eigenvalue weighted by Gasteiger charge is -2.02. The molecule has 2 aromatic rings. The Balaban J connectivity index is 1.84. The Hall–Kier alpha value is -1.62. The van der Waals surface area contributed by atoms with Crippen molar-refractivity contribution in [3.63, 3.8) is 0 Å². The van der Waals surface area contributed by atoms with Crippen LogP contribution in [-0.2, 0) is 4.74 Å². The van der Waals surface area contributed by atoms with Gasteiger partial charge < -0.3 is 10.1 Å². The lowest BCUT2D eigenvalue weighted by molar-refractivity contribution is 0.0526. The molecule has 0 bridgehead atoms. The van der Waals surface area contributed by atoms with E-state index in [-0.39, 0.29) is 5.97 Å². The summed E-state index contributed by atoms with van der Waals surface area (Å²) in [5.41, 5.74) is 1.51. The van der Waals surface area contributed by atoms with Gasteiger partial charge in [0.2, 0.25) is 0 Å². The summed E-state index contributed by atoms with van der Waals surface area (Å²) >= 11 is 1.59. The molecule has 126 valence electrons. The van der Waals surface area contributed by atoms with Crippen molar-refractivity contribution in [2.45, 2.75) is 52.4 Å². The van der Waals surface area contributed by atoms with E-state index in [1.165, 1.54) is 38.5 Å². The van der Waals surface area contributed by atoms with Crippen LogP contribution in [-0.4, -0.2) is 24.1 Å². The van der Waals surface area contributed by atoms with E-state index >= 15 is 0 Å². The maximum absolute atomic E-state index is 11.8. The van der Waals surface area contributed by atoms with Gasteiger partial charge in [-0.15, -0.1) is 0 Å². The maximum Gasteiger partial charge on any atom is 0.338 e. The minimum atomic E-state index is -0.274. The van der Waals surface area contributed by atoms with Gasteiger partial charge >= 0.3 is 5.97 Å². The molecule has 0 saturated carbocycles. The van der Waals surface area contributed by atoms with Crippen LogP contribution >= 0.6 is 11.3 Å². The largest absolute Gasteiger partial charge is 0.462 e. The molecule has 0 radical (unpaired) electrons. The van der Waals surface area contributed by atoms with Crippen LogP contribution < -0.4 is 5.32 Å². The van der Waals surface area contributed by atoms with E-state index in [1.54, 1.807) is 17.4 Å². The monoisotopic (exact) mass is 334 g/mol. The number of hydrogen-bond acceptors (Lipinski definition) is 5. The standard InChI is InChI=1S/C18H26N2O2S/c1-3-5-6-7-8-9-12-19-18-20-15-11-10-14(13-16(15)23-18)17(21)22-4-2/h10-11,13H,3-9,12H2,1-2H3,(H,19,20). The lowest BCUT2D eigenvalue weighted by atomic mass is 10.1. The molecule has 1 N–H and O–H groups in total. The maximum atomic E-state index is 11.8. The van der Waals surface area contributed by atoms with Crippen molar-refractivity contribution in [1.82, 2.24) is 4.98 Å². The quantitative estimate of drug-likeness (QED) is 0.476. The number of anilines is 1. The third-order valence-corrected chi connectivity index (χ3v) is 4.68. The summed E-state index contributed by atoms with van der Waals surface area (Å²) in [5.74, 6) is -0.274. The number of rotatable bonds is 10. The second-order valence-electron chi connectivity index (χ2n) is 5.62. The number of ether oxygens (including phenoxy) is 1. The summed E-state index contributed by atoms with van der Waals surface area (Å²) < 4.78 is 6.05. The topological polar surface area (TPSA) is 51.2 Å². The number of carbonyl (C=O) groups is 1. The SMILES string of the molecule is CCCCCCCCNc1nc2ccc(C(=O)OCC)cc2s1. The van der Waals surface area contributed by atoms with Crippen LogP contribution in [0.3, 0.4) is 0 Å². The molecule has 5 heteroatoms. The fourth-order valence-corrected chi connectivity index (χ4v) is 3.37. The fourth-order valence-electron chi connectivity index (χ4n) is 2.44. The number of nitrogens with zero attached hydrogens (tertiary/aromatic N) is 1. The number of fused-ring (bicyclic) bond motifs is 1. The van der Waals surface area contributed by atoms with Gasteiger partial charge in [0.05, 0.1) is 22.4 Å². The first-order chi connectivity index (χ1) is 11.2. The number of aromatic nitrogens is 1. The minimum absolute atomic E-state index is 0.274. The second-order valence-corrected chi connectivity index (χ2v) is 6.65. The summed E-state index contributed by atoms with van der Waals surface area (Å²) in [6.07, 6.45) is 7.73. The summed E-state index contributed by atoms with van der Waals surface area (Å²) in [6, 6.07) is 5.52. The summed E-state index contributed by atoms with van der Waals surface area (Å²) in [6.45, 7) is 5.40. The van der Waals surface area contributed by atoms with Crippen LogP contribution in [0.2, 0.25) is 0 Å². The minimum Gasteiger partial charge on any atom is -0.462 e. The third-order valence-electron chi connectivity index (χ3n) is 3.71. The number of nitrogens with one attached hydrogen (secondary N) is 1. The van der Waals surface area contributed by atoms with E-state index in [2.05, 4.69) is 17.2 Å². The normalized spacial score (nSPS) is 10.9. The second kappa shape index (κ2) is 9.50. The number of unbranched alkanes of at least 4 members (excludes halogenated alkanes) is 5. The Bertz CT molecular complexity index is 625. The van der Waals surface area contributed by atoms with Gasteiger partial charge in [-0.05, 0) is 31.5 Å². The summed E-state index contributed by atoms with van der Waals surface area (Å²) in [5, 5.41) is 4.32. The number of benzene rings is 1. The van der Waals surface area contributed by atoms with Crippen molar-refractivity contribution in [2.24, 2.45) is 0 Å². The number of hydrogen-bond donors (Lipinski definition) is 1. The van der Waals surface area contributed by atoms with Crippen LogP contribution in [0.25, 0.3) is 10.2 Å².